The molecule has 0 atom stereocenters. The molecule has 0 nitrogen and oxygen atoms in total. The molecule has 0 fully saturated rings. The number of hydrogen-bond acceptors (Lipinski definition) is 0. The molecular formula is C9H9I3. The van der Waals surface area contributed by atoms with Crippen LogP contribution in [0.1, 0.15) is 25.3 Å². The van der Waals surface area contributed by atoms with Crippen LogP contribution in [-0.2, 0) is 0 Å². The fourth-order valence-electron chi connectivity index (χ4n) is 0.980. The minimum atomic E-state index is 0.627. The molecule has 0 amide bonds. The quantitative estimate of drug-likeness (QED) is 0.392. The lowest BCUT2D eigenvalue weighted by Crippen LogP contribution is -1.94. The largest absolute Gasteiger partial charge is 0.0586 e. The fraction of sp³-hybridized carbons (Fsp3) is 0.333. The molecule has 1 rings (SSSR count). The zero-order valence-corrected chi connectivity index (χ0v) is 13.3. The standard InChI is InChI=1S/C9H9I3/c1-5(2)6-3-8(11)9(12)4-7(6)10/h3-5H,1-2H3. The zero-order valence-electron chi connectivity index (χ0n) is 6.87. The first-order valence-corrected chi connectivity index (χ1v) is 6.90. The van der Waals surface area contributed by atoms with Gasteiger partial charge in [-0.3, -0.25) is 0 Å². The minimum Gasteiger partial charge on any atom is -0.0586 e. The Bertz CT molecular complexity index is 292. The third-order valence-corrected chi connectivity index (χ3v) is 5.41. The van der Waals surface area contributed by atoms with Gasteiger partial charge in [0.05, 0.1) is 0 Å². The van der Waals surface area contributed by atoms with Crippen molar-refractivity contribution >= 4 is 67.8 Å². The second-order valence-electron chi connectivity index (χ2n) is 2.94. The number of rotatable bonds is 1. The molecule has 3 heteroatoms. The van der Waals surface area contributed by atoms with Crippen molar-refractivity contribution in [1.29, 1.82) is 0 Å². The third kappa shape index (κ3) is 2.70. The van der Waals surface area contributed by atoms with Crippen LogP contribution in [0.4, 0.5) is 0 Å². The first kappa shape index (κ1) is 11.5. The van der Waals surface area contributed by atoms with Gasteiger partial charge in [0.2, 0.25) is 0 Å². The number of hydrogen-bond donors (Lipinski definition) is 0. The SMILES string of the molecule is CC(C)c1cc(I)c(I)cc1I. The Kier molecular flexibility index (Phi) is 4.56. The summed E-state index contributed by atoms with van der Waals surface area (Å²) < 4.78 is 4.09. The normalized spacial score (nSPS) is 10.8. The summed E-state index contributed by atoms with van der Waals surface area (Å²) in [7, 11) is 0. The van der Waals surface area contributed by atoms with Gasteiger partial charge in [0.1, 0.15) is 0 Å². The summed E-state index contributed by atoms with van der Waals surface area (Å²) in [6, 6.07) is 4.53. The average molecular weight is 498 g/mol. The Morgan fingerprint density at radius 3 is 1.92 bits per heavy atom. The van der Waals surface area contributed by atoms with E-state index in [-0.39, 0.29) is 0 Å². The molecule has 0 heterocycles. The fourth-order valence-corrected chi connectivity index (χ4v) is 3.62. The van der Waals surface area contributed by atoms with E-state index >= 15 is 0 Å². The first-order valence-electron chi connectivity index (χ1n) is 3.67. The van der Waals surface area contributed by atoms with Crippen LogP contribution in [0.3, 0.4) is 0 Å². The van der Waals surface area contributed by atoms with Gasteiger partial charge in [-0.15, -0.1) is 0 Å². The Morgan fingerprint density at radius 2 is 1.42 bits per heavy atom. The first-order chi connectivity index (χ1) is 5.52. The van der Waals surface area contributed by atoms with Gasteiger partial charge < -0.3 is 0 Å². The number of benzene rings is 1. The molecule has 0 spiro atoms. The molecule has 0 radical (unpaired) electrons. The smallest absolute Gasteiger partial charge is 0.0274 e. The van der Waals surface area contributed by atoms with Crippen molar-refractivity contribution in [2.45, 2.75) is 19.8 Å². The monoisotopic (exact) mass is 498 g/mol. The summed E-state index contributed by atoms with van der Waals surface area (Å²) >= 11 is 7.18. The number of halogens is 3. The summed E-state index contributed by atoms with van der Waals surface area (Å²) in [5.74, 6) is 0.627. The van der Waals surface area contributed by atoms with Crippen LogP contribution in [0.2, 0.25) is 0 Å². The van der Waals surface area contributed by atoms with Crippen molar-refractivity contribution in [2.24, 2.45) is 0 Å². The zero-order chi connectivity index (χ0) is 9.30. The Balaban J connectivity index is 3.23. The third-order valence-electron chi connectivity index (χ3n) is 1.66. The van der Waals surface area contributed by atoms with Crippen LogP contribution >= 0.6 is 67.8 Å². The van der Waals surface area contributed by atoms with Crippen LogP contribution in [0.15, 0.2) is 12.1 Å². The molecule has 0 aliphatic heterocycles. The summed E-state index contributed by atoms with van der Waals surface area (Å²) in [5, 5.41) is 0. The van der Waals surface area contributed by atoms with Crippen molar-refractivity contribution in [3.8, 4) is 0 Å². The van der Waals surface area contributed by atoms with Crippen LogP contribution in [0.5, 0.6) is 0 Å². The van der Waals surface area contributed by atoms with E-state index < -0.39 is 0 Å². The Morgan fingerprint density at radius 1 is 0.917 bits per heavy atom. The lowest BCUT2D eigenvalue weighted by Gasteiger charge is -2.09. The van der Waals surface area contributed by atoms with Gasteiger partial charge in [-0.05, 0) is 91.4 Å². The van der Waals surface area contributed by atoms with Gasteiger partial charge in [-0.25, -0.2) is 0 Å². The lowest BCUT2D eigenvalue weighted by atomic mass is 10.0. The maximum Gasteiger partial charge on any atom is 0.0274 e. The van der Waals surface area contributed by atoms with Crippen LogP contribution < -0.4 is 0 Å². The molecule has 66 valence electrons. The van der Waals surface area contributed by atoms with Crippen molar-refractivity contribution in [3.05, 3.63) is 28.4 Å². The van der Waals surface area contributed by atoms with Crippen LogP contribution in [0, 0.1) is 10.7 Å². The lowest BCUT2D eigenvalue weighted by molar-refractivity contribution is 0.858. The highest BCUT2D eigenvalue weighted by molar-refractivity contribution is 14.1. The van der Waals surface area contributed by atoms with Crippen LogP contribution in [-0.4, -0.2) is 0 Å². The Hall–Kier alpha value is 1.41. The molecule has 0 saturated heterocycles. The maximum absolute atomic E-state index is 2.41. The second-order valence-corrected chi connectivity index (χ2v) is 6.43. The predicted molar refractivity (Wildman–Crippen MR) is 78.7 cm³/mol. The van der Waals surface area contributed by atoms with Gasteiger partial charge >= 0.3 is 0 Å². The van der Waals surface area contributed by atoms with E-state index in [1.165, 1.54) is 16.3 Å². The highest BCUT2D eigenvalue weighted by atomic mass is 127. The maximum atomic E-state index is 2.41. The van der Waals surface area contributed by atoms with Gasteiger partial charge in [0.25, 0.3) is 0 Å². The topological polar surface area (TPSA) is 0 Å². The molecule has 0 unspecified atom stereocenters. The Labute approximate surface area is 114 Å². The van der Waals surface area contributed by atoms with E-state index in [0.29, 0.717) is 5.92 Å². The molecule has 1 aromatic carbocycles. The summed E-state index contributed by atoms with van der Waals surface area (Å²) in [6.07, 6.45) is 0. The van der Waals surface area contributed by atoms with Crippen molar-refractivity contribution in [2.75, 3.05) is 0 Å². The van der Waals surface area contributed by atoms with Gasteiger partial charge in [0.15, 0.2) is 0 Å². The predicted octanol–water partition coefficient (Wildman–Crippen LogP) is 4.62. The van der Waals surface area contributed by atoms with Crippen molar-refractivity contribution < 1.29 is 0 Å². The van der Waals surface area contributed by atoms with E-state index in [4.69, 9.17) is 0 Å². The summed E-state index contributed by atoms with van der Waals surface area (Å²) in [4.78, 5) is 0. The molecule has 0 aromatic heterocycles. The molecule has 0 aliphatic carbocycles. The summed E-state index contributed by atoms with van der Waals surface area (Å²) in [6.45, 7) is 4.47. The summed E-state index contributed by atoms with van der Waals surface area (Å²) in [5.41, 5.74) is 1.46. The second kappa shape index (κ2) is 4.77. The molecule has 0 saturated carbocycles. The molecule has 0 N–H and O–H groups in total. The van der Waals surface area contributed by atoms with Gasteiger partial charge in [0, 0.05) is 10.7 Å². The molecule has 1 aromatic rings. The van der Waals surface area contributed by atoms with Crippen LogP contribution in [0.25, 0.3) is 0 Å². The van der Waals surface area contributed by atoms with E-state index in [1.54, 1.807) is 0 Å². The average Bonchev–Trinajstić information content (AvgIpc) is 1.96. The molecule has 12 heavy (non-hydrogen) atoms. The van der Waals surface area contributed by atoms with E-state index in [1.807, 2.05) is 0 Å². The molecule has 0 aliphatic rings. The van der Waals surface area contributed by atoms with E-state index in [0.717, 1.165) is 0 Å². The minimum absolute atomic E-state index is 0.627. The van der Waals surface area contributed by atoms with Gasteiger partial charge in [-0.2, -0.15) is 0 Å². The van der Waals surface area contributed by atoms with E-state index in [2.05, 4.69) is 93.8 Å². The molecular weight excluding hydrogens is 489 g/mol. The van der Waals surface area contributed by atoms with Crippen molar-refractivity contribution in [3.63, 3.8) is 0 Å². The van der Waals surface area contributed by atoms with Crippen molar-refractivity contribution in [1.82, 2.24) is 0 Å². The highest BCUT2D eigenvalue weighted by Crippen LogP contribution is 2.26. The molecule has 0 bridgehead atoms. The van der Waals surface area contributed by atoms with E-state index in [9.17, 15) is 0 Å². The van der Waals surface area contributed by atoms with Gasteiger partial charge in [-0.1, -0.05) is 13.8 Å². The highest BCUT2D eigenvalue weighted by Gasteiger charge is 2.07.